The third-order valence-electron chi connectivity index (χ3n) is 4.46. The first-order valence-electron chi connectivity index (χ1n) is 11.0. The molecule has 0 spiro atoms. The largest absolute Gasteiger partial charge is 2.00 e. The van der Waals surface area contributed by atoms with Crippen LogP contribution < -0.4 is 21.7 Å². The van der Waals surface area contributed by atoms with Crippen molar-refractivity contribution in [3.05, 3.63) is 131 Å². The number of nitrogens with two attached hydrogens (primary N) is 2. The zero-order valence-corrected chi connectivity index (χ0v) is 23.2. The van der Waals surface area contributed by atoms with Crippen molar-refractivity contribution < 1.29 is 66.7 Å². The average Bonchev–Trinajstić information content (AvgIpc) is 2.99. The minimum absolute atomic E-state index is 0. The molecule has 2 aromatic carbocycles. The van der Waals surface area contributed by atoms with Gasteiger partial charge >= 0.3 is 16.8 Å². The number of aromatic nitrogens is 2. The van der Waals surface area contributed by atoms with Gasteiger partial charge in [0.15, 0.2) is 0 Å². The zero-order valence-electron chi connectivity index (χ0n) is 22.2. The van der Waals surface area contributed by atoms with Gasteiger partial charge < -0.3 is 42.2 Å². The normalized spacial score (nSPS) is 8.37. The molecule has 0 aliphatic carbocycles. The molecule has 0 saturated heterocycles. The van der Waals surface area contributed by atoms with E-state index in [1.165, 1.54) is 60.9 Å². The SMILES string of the molecule is NC(=O)c1cccnc1.NC(=O)c1cccnc1.O=Cc1ccc(C(=O)[O-])cc1.O=Cc1ccc(C(=O)[O-])cc1.[Co+2].[OH3+].[OH3+]. The van der Waals surface area contributed by atoms with Crippen LogP contribution in [-0.4, -0.2) is 46.3 Å². The van der Waals surface area contributed by atoms with E-state index in [-0.39, 0.29) is 38.9 Å². The molecule has 0 fully saturated rings. The number of amides is 2. The van der Waals surface area contributed by atoms with Crippen molar-refractivity contribution in [3.63, 3.8) is 0 Å². The first-order chi connectivity index (χ1) is 19.1. The number of rotatable bonds is 6. The predicted molar refractivity (Wildman–Crippen MR) is 148 cm³/mol. The van der Waals surface area contributed by atoms with Crippen LogP contribution in [0, 0.1) is 0 Å². The van der Waals surface area contributed by atoms with Crippen molar-refractivity contribution in [1.29, 1.82) is 0 Å². The van der Waals surface area contributed by atoms with Gasteiger partial charge in [0.05, 0.1) is 23.1 Å². The molecule has 2 heterocycles. The molecule has 4 aromatic rings. The molecule has 0 saturated carbocycles. The van der Waals surface area contributed by atoms with Gasteiger partial charge in [-0.2, -0.15) is 0 Å². The van der Waals surface area contributed by atoms with Crippen molar-refractivity contribution in [2.75, 3.05) is 0 Å². The summed E-state index contributed by atoms with van der Waals surface area (Å²) < 4.78 is 0. The molecule has 2 aromatic heterocycles. The van der Waals surface area contributed by atoms with Crippen molar-refractivity contribution in [2.45, 2.75) is 0 Å². The van der Waals surface area contributed by atoms with Crippen LogP contribution >= 0.6 is 0 Å². The molecule has 0 aliphatic heterocycles. The molecule has 10 N–H and O–H groups in total. The number of benzene rings is 2. The molecule has 0 unspecified atom stereocenters. The number of hydrogen-bond donors (Lipinski definition) is 2. The smallest absolute Gasteiger partial charge is 0.545 e. The number of carbonyl (C=O) groups is 6. The standard InChI is InChI=1S/2C8H6O3.2C6H6N2O.Co.2H2O/c2*9-5-6-1-3-7(4-2-6)8(10)11;2*7-6(9)5-2-1-3-8-4-5;;;/h2*1-5H,(H,10,11);2*1-4H,(H2,7,9);;2*1H2/q;;;;+2;;. The topological polar surface area (TPSA) is 292 Å². The van der Waals surface area contributed by atoms with E-state index in [2.05, 4.69) is 9.97 Å². The van der Waals surface area contributed by atoms with Crippen molar-refractivity contribution >= 4 is 36.3 Å². The fourth-order valence-electron chi connectivity index (χ4n) is 2.41. The van der Waals surface area contributed by atoms with Crippen molar-refractivity contribution in [1.82, 2.24) is 9.97 Å². The molecule has 14 nitrogen and oxygen atoms in total. The molecular weight excluding hydrogens is 611 g/mol. The summed E-state index contributed by atoms with van der Waals surface area (Å²) in [7, 11) is 0. The molecule has 15 heteroatoms. The van der Waals surface area contributed by atoms with Crippen LogP contribution in [0.4, 0.5) is 0 Å². The molecule has 0 bridgehead atoms. The fourth-order valence-corrected chi connectivity index (χ4v) is 2.41. The summed E-state index contributed by atoms with van der Waals surface area (Å²) in [6.45, 7) is 0. The van der Waals surface area contributed by atoms with Crippen LogP contribution in [0.25, 0.3) is 0 Å². The molecule has 4 rings (SSSR count). The van der Waals surface area contributed by atoms with Crippen LogP contribution in [0.5, 0.6) is 0 Å². The monoisotopic (exact) mass is 639 g/mol. The number of hydrogen-bond acceptors (Lipinski definition) is 10. The van der Waals surface area contributed by atoms with Gasteiger partial charge in [0.2, 0.25) is 11.8 Å². The molecule has 1 radical (unpaired) electrons. The third-order valence-corrected chi connectivity index (χ3v) is 4.46. The Bertz CT molecular complexity index is 1310. The van der Waals surface area contributed by atoms with E-state index in [0.29, 0.717) is 34.8 Å². The van der Waals surface area contributed by atoms with E-state index < -0.39 is 23.8 Å². The van der Waals surface area contributed by atoms with E-state index in [4.69, 9.17) is 11.5 Å². The maximum Gasteiger partial charge on any atom is 2.00 e. The molecule has 0 atom stereocenters. The second kappa shape index (κ2) is 23.1. The minimum Gasteiger partial charge on any atom is -0.545 e. The molecule has 2 amide bonds. The summed E-state index contributed by atoms with van der Waals surface area (Å²) >= 11 is 0. The Balaban J connectivity index is -0.000000487. The Morgan fingerprint density at radius 1 is 0.558 bits per heavy atom. The van der Waals surface area contributed by atoms with E-state index >= 15 is 0 Å². The summed E-state index contributed by atoms with van der Waals surface area (Å²) in [5, 5.41) is 20.4. The van der Waals surface area contributed by atoms with Gasteiger partial charge in [0.25, 0.3) is 0 Å². The zero-order chi connectivity index (χ0) is 29.9. The number of aldehydes is 2. The summed E-state index contributed by atoms with van der Waals surface area (Å²) in [4.78, 5) is 68.8. The average molecular weight is 639 g/mol. The summed E-state index contributed by atoms with van der Waals surface area (Å²) in [6.07, 6.45) is 7.35. The van der Waals surface area contributed by atoms with Gasteiger partial charge in [0.1, 0.15) is 12.6 Å². The number of carboxylic acid groups (broad SMARTS) is 2. The van der Waals surface area contributed by atoms with Crippen LogP contribution in [0.2, 0.25) is 0 Å². The van der Waals surface area contributed by atoms with E-state index in [0.717, 1.165) is 0 Å². The Morgan fingerprint density at radius 2 is 0.860 bits per heavy atom. The van der Waals surface area contributed by atoms with Gasteiger partial charge in [-0.3, -0.25) is 29.1 Å². The van der Waals surface area contributed by atoms with Gasteiger partial charge in [-0.05, 0) is 35.4 Å². The number of pyridine rings is 2. The van der Waals surface area contributed by atoms with Crippen LogP contribution in [0.3, 0.4) is 0 Å². The quantitative estimate of drug-likeness (QED) is 0.177. The van der Waals surface area contributed by atoms with Gasteiger partial charge in [-0.1, -0.05) is 48.5 Å². The number of nitrogens with zero attached hydrogens (tertiary/aromatic N) is 2. The molecule has 227 valence electrons. The maximum atomic E-state index is 10.4. The molecule has 0 aliphatic rings. The van der Waals surface area contributed by atoms with Crippen LogP contribution in [0.15, 0.2) is 97.6 Å². The first-order valence-corrected chi connectivity index (χ1v) is 11.0. The number of aromatic carboxylic acids is 2. The van der Waals surface area contributed by atoms with Gasteiger partial charge in [-0.25, -0.2) is 0 Å². The summed E-state index contributed by atoms with van der Waals surface area (Å²) in [5.74, 6) is -3.35. The Hall–Kier alpha value is -5.61. The fraction of sp³-hybridized carbons (Fsp3) is 0. The molecular formula is C28H28CoN4O10+2. The Morgan fingerprint density at radius 3 is 1.02 bits per heavy atom. The molecule has 43 heavy (non-hydrogen) atoms. The Kier molecular flexibility index (Phi) is 22.5. The second-order valence-electron chi connectivity index (χ2n) is 7.27. The third kappa shape index (κ3) is 16.9. The minimum atomic E-state index is -1.23. The van der Waals surface area contributed by atoms with E-state index in [1.807, 2.05) is 0 Å². The number of carbonyl (C=O) groups excluding carboxylic acids is 6. The summed E-state index contributed by atoms with van der Waals surface area (Å²) in [6, 6.07) is 17.6. The van der Waals surface area contributed by atoms with Gasteiger partial charge in [0, 0.05) is 35.9 Å². The second-order valence-corrected chi connectivity index (χ2v) is 7.27. The summed E-state index contributed by atoms with van der Waals surface area (Å²) in [5.41, 5.74) is 11.8. The Labute approximate surface area is 255 Å². The van der Waals surface area contributed by atoms with Crippen LogP contribution in [-0.2, 0) is 27.7 Å². The number of primary amides is 2. The van der Waals surface area contributed by atoms with Crippen molar-refractivity contribution in [3.8, 4) is 0 Å². The maximum absolute atomic E-state index is 10.4. The predicted octanol–water partition coefficient (Wildman–Crippen LogP) is -1.76. The van der Waals surface area contributed by atoms with E-state index in [1.54, 1.807) is 36.7 Å². The van der Waals surface area contributed by atoms with Crippen LogP contribution in [0.1, 0.15) is 62.1 Å². The van der Waals surface area contributed by atoms with Crippen molar-refractivity contribution in [2.24, 2.45) is 11.5 Å². The van der Waals surface area contributed by atoms with E-state index in [9.17, 15) is 39.0 Å². The number of carboxylic acids is 2. The van der Waals surface area contributed by atoms with Gasteiger partial charge in [-0.15, -0.1) is 0 Å². The first kappa shape index (κ1) is 41.9.